The summed E-state index contributed by atoms with van der Waals surface area (Å²) in [6, 6.07) is 3.21. The number of benzene rings is 1. The van der Waals surface area contributed by atoms with Crippen molar-refractivity contribution in [2.45, 2.75) is 13.8 Å². The zero-order valence-corrected chi connectivity index (χ0v) is 11.4. The zero-order valence-electron chi connectivity index (χ0n) is 11.4. The fourth-order valence-electron chi connectivity index (χ4n) is 2.14. The highest BCUT2D eigenvalue weighted by Gasteiger charge is 2.15. The molecule has 1 aromatic carbocycles. The lowest BCUT2D eigenvalue weighted by Gasteiger charge is -2.09. The molecule has 2 aromatic heterocycles. The maximum atomic E-state index is 13.9. The van der Waals surface area contributed by atoms with Gasteiger partial charge in [-0.3, -0.25) is 14.2 Å². The van der Waals surface area contributed by atoms with Crippen LogP contribution in [-0.4, -0.2) is 14.4 Å². The lowest BCUT2D eigenvalue weighted by Crippen LogP contribution is -2.20. The molecule has 0 radical (unpaired) electrons. The van der Waals surface area contributed by atoms with Crippen molar-refractivity contribution in [1.29, 1.82) is 0 Å². The van der Waals surface area contributed by atoms with Crippen LogP contribution in [0.15, 0.2) is 35.4 Å². The molecule has 0 N–H and O–H groups in total. The molecule has 106 valence electrons. The molecule has 0 fully saturated rings. The van der Waals surface area contributed by atoms with E-state index in [0.29, 0.717) is 11.3 Å². The van der Waals surface area contributed by atoms with Gasteiger partial charge in [-0.15, -0.1) is 0 Å². The number of aromatic nitrogens is 3. The van der Waals surface area contributed by atoms with Crippen molar-refractivity contribution < 1.29 is 8.78 Å². The molecule has 4 nitrogen and oxygen atoms in total. The summed E-state index contributed by atoms with van der Waals surface area (Å²) in [5, 5.41) is 0. The summed E-state index contributed by atoms with van der Waals surface area (Å²) in [5.41, 5.74) is 1.39. The molecule has 6 heteroatoms. The van der Waals surface area contributed by atoms with Crippen molar-refractivity contribution in [2.24, 2.45) is 0 Å². The van der Waals surface area contributed by atoms with Gasteiger partial charge < -0.3 is 0 Å². The van der Waals surface area contributed by atoms with Crippen LogP contribution in [0, 0.1) is 25.5 Å². The van der Waals surface area contributed by atoms with Crippen molar-refractivity contribution in [3.8, 4) is 11.3 Å². The summed E-state index contributed by atoms with van der Waals surface area (Å²) >= 11 is 0. The van der Waals surface area contributed by atoms with E-state index in [-0.39, 0.29) is 22.5 Å². The van der Waals surface area contributed by atoms with Crippen LogP contribution < -0.4 is 5.56 Å². The van der Waals surface area contributed by atoms with Gasteiger partial charge in [0.25, 0.3) is 5.56 Å². The van der Waals surface area contributed by atoms with Gasteiger partial charge >= 0.3 is 0 Å². The normalized spacial score (nSPS) is 11.0. The molecule has 0 unspecified atom stereocenters. The molecule has 3 rings (SSSR count). The topological polar surface area (TPSA) is 47.3 Å². The zero-order chi connectivity index (χ0) is 15.1. The van der Waals surface area contributed by atoms with Gasteiger partial charge in [-0.05, 0) is 26.0 Å². The van der Waals surface area contributed by atoms with E-state index in [1.165, 1.54) is 22.9 Å². The Morgan fingerprint density at radius 2 is 1.95 bits per heavy atom. The summed E-state index contributed by atoms with van der Waals surface area (Å²) < 4.78 is 28.3. The molecule has 0 aliphatic rings. The molecule has 0 aliphatic carbocycles. The minimum atomic E-state index is -0.747. The fourth-order valence-corrected chi connectivity index (χ4v) is 2.14. The number of halogens is 2. The number of hydrogen-bond acceptors (Lipinski definition) is 3. The van der Waals surface area contributed by atoms with Crippen LogP contribution in [-0.2, 0) is 0 Å². The van der Waals surface area contributed by atoms with Crippen LogP contribution >= 0.6 is 0 Å². The molecule has 3 aromatic rings. The Kier molecular flexibility index (Phi) is 3.01. The molecule has 0 bridgehead atoms. The smallest absolute Gasteiger partial charge is 0.261 e. The summed E-state index contributed by atoms with van der Waals surface area (Å²) in [7, 11) is 0. The largest absolute Gasteiger partial charge is 0.269 e. The average molecular weight is 287 g/mol. The molecule has 0 aliphatic heterocycles. The van der Waals surface area contributed by atoms with Gasteiger partial charge in [0.1, 0.15) is 17.3 Å². The van der Waals surface area contributed by atoms with Gasteiger partial charge in [0.2, 0.25) is 0 Å². The van der Waals surface area contributed by atoms with Crippen LogP contribution in [0.4, 0.5) is 8.78 Å². The molecular formula is C15H11F2N3O. The van der Waals surface area contributed by atoms with Gasteiger partial charge in [-0.25, -0.2) is 13.8 Å². The van der Waals surface area contributed by atoms with Crippen LogP contribution in [0.2, 0.25) is 0 Å². The van der Waals surface area contributed by atoms with E-state index in [9.17, 15) is 13.6 Å². The first-order valence-corrected chi connectivity index (χ1v) is 6.29. The number of aryl methyl sites for hydroxylation is 1. The molecule has 0 saturated heterocycles. The number of nitrogens with zero attached hydrogens (tertiary/aromatic N) is 3. The first kappa shape index (κ1) is 13.4. The van der Waals surface area contributed by atoms with Crippen molar-refractivity contribution in [3.05, 3.63) is 63.8 Å². The van der Waals surface area contributed by atoms with Gasteiger partial charge in [0.05, 0.1) is 0 Å². The lowest BCUT2D eigenvalue weighted by atomic mass is 10.1. The SMILES string of the molecule is Cc1nc2c(-c3ccc(F)cc3F)nccn2c(=O)c1C. The minimum absolute atomic E-state index is 0.102. The monoisotopic (exact) mass is 287 g/mol. The van der Waals surface area contributed by atoms with E-state index in [4.69, 9.17) is 0 Å². The summed E-state index contributed by atoms with van der Waals surface area (Å²) in [4.78, 5) is 20.6. The van der Waals surface area contributed by atoms with E-state index in [2.05, 4.69) is 9.97 Å². The standard InChI is InChI=1S/C15H11F2N3O/c1-8-9(2)19-14-13(18-5-6-20(14)15(8)21)11-4-3-10(16)7-12(11)17/h3-7H,1-2H3. The Balaban J connectivity index is 2.41. The third-order valence-corrected chi connectivity index (χ3v) is 3.40. The second-order valence-electron chi connectivity index (χ2n) is 4.72. The third kappa shape index (κ3) is 2.08. The first-order chi connectivity index (χ1) is 9.99. The summed E-state index contributed by atoms with van der Waals surface area (Å²) in [6.45, 7) is 3.38. The lowest BCUT2D eigenvalue weighted by molar-refractivity contribution is 0.585. The predicted molar refractivity (Wildman–Crippen MR) is 74.1 cm³/mol. The van der Waals surface area contributed by atoms with E-state index in [1.807, 2.05) is 0 Å². The minimum Gasteiger partial charge on any atom is -0.269 e. The second kappa shape index (κ2) is 4.73. The second-order valence-corrected chi connectivity index (χ2v) is 4.72. The number of hydrogen-bond donors (Lipinski definition) is 0. The molecule has 0 saturated carbocycles. The van der Waals surface area contributed by atoms with Gasteiger partial charge in [-0.2, -0.15) is 0 Å². The highest BCUT2D eigenvalue weighted by atomic mass is 19.1. The van der Waals surface area contributed by atoms with Crippen LogP contribution in [0.25, 0.3) is 16.9 Å². The van der Waals surface area contributed by atoms with Crippen molar-refractivity contribution in [3.63, 3.8) is 0 Å². The summed E-state index contributed by atoms with van der Waals surface area (Å²) in [5.74, 6) is -1.42. The molecule has 0 amide bonds. The Labute approximate surface area is 118 Å². The quantitative estimate of drug-likeness (QED) is 0.691. The molecule has 21 heavy (non-hydrogen) atoms. The number of rotatable bonds is 1. The Morgan fingerprint density at radius 3 is 2.67 bits per heavy atom. The van der Waals surface area contributed by atoms with Gasteiger partial charge in [0, 0.05) is 35.3 Å². The van der Waals surface area contributed by atoms with Crippen LogP contribution in [0.1, 0.15) is 11.3 Å². The van der Waals surface area contributed by atoms with Crippen molar-refractivity contribution in [2.75, 3.05) is 0 Å². The average Bonchev–Trinajstić information content (AvgIpc) is 2.45. The van der Waals surface area contributed by atoms with E-state index in [0.717, 1.165) is 12.1 Å². The van der Waals surface area contributed by atoms with E-state index in [1.54, 1.807) is 13.8 Å². The molecular weight excluding hydrogens is 276 g/mol. The fraction of sp³-hybridized carbons (Fsp3) is 0.133. The van der Waals surface area contributed by atoms with Crippen molar-refractivity contribution >= 4 is 5.65 Å². The summed E-state index contributed by atoms with van der Waals surface area (Å²) in [6.07, 6.45) is 2.87. The first-order valence-electron chi connectivity index (χ1n) is 6.29. The van der Waals surface area contributed by atoms with Crippen LogP contribution in [0.3, 0.4) is 0 Å². The van der Waals surface area contributed by atoms with Crippen LogP contribution in [0.5, 0.6) is 0 Å². The van der Waals surface area contributed by atoms with Gasteiger partial charge in [-0.1, -0.05) is 0 Å². The van der Waals surface area contributed by atoms with E-state index >= 15 is 0 Å². The molecule has 2 heterocycles. The van der Waals surface area contributed by atoms with E-state index < -0.39 is 11.6 Å². The maximum Gasteiger partial charge on any atom is 0.261 e. The molecule has 0 atom stereocenters. The third-order valence-electron chi connectivity index (χ3n) is 3.40. The Hall–Kier alpha value is -2.63. The Bertz CT molecular complexity index is 919. The predicted octanol–water partition coefficient (Wildman–Crippen LogP) is 2.65. The highest BCUT2D eigenvalue weighted by Crippen LogP contribution is 2.24. The maximum absolute atomic E-state index is 13.9. The highest BCUT2D eigenvalue weighted by molar-refractivity contribution is 5.74. The molecule has 0 spiro atoms. The Morgan fingerprint density at radius 1 is 1.19 bits per heavy atom. The number of fused-ring (bicyclic) bond motifs is 1. The van der Waals surface area contributed by atoms with Gasteiger partial charge in [0.15, 0.2) is 5.65 Å². The van der Waals surface area contributed by atoms with Crippen molar-refractivity contribution in [1.82, 2.24) is 14.4 Å².